The summed E-state index contributed by atoms with van der Waals surface area (Å²) < 4.78 is 0. The van der Waals surface area contributed by atoms with E-state index in [1.165, 1.54) is 0 Å². The maximum atomic E-state index is 6.11. The van der Waals surface area contributed by atoms with Gasteiger partial charge < -0.3 is 5.32 Å². The van der Waals surface area contributed by atoms with Crippen molar-refractivity contribution in [1.29, 1.82) is 0 Å². The second-order valence-corrected chi connectivity index (χ2v) is 4.21. The van der Waals surface area contributed by atoms with Gasteiger partial charge in [0.25, 0.3) is 0 Å². The number of likely N-dealkylation sites (N-methyl/N-ethyl adjacent to an activating group) is 1. The fourth-order valence-electron chi connectivity index (χ4n) is 1.76. The van der Waals surface area contributed by atoms with Crippen molar-refractivity contribution in [2.45, 2.75) is 12.5 Å². The number of pyridine rings is 2. The molecule has 88 valence electrons. The first-order valence-corrected chi connectivity index (χ1v) is 5.84. The van der Waals surface area contributed by atoms with Crippen LogP contribution in [-0.4, -0.2) is 17.0 Å². The summed E-state index contributed by atoms with van der Waals surface area (Å²) in [5.41, 5.74) is 2.24. The molecule has 0 aliphatic rings. The maximum absolute atomic E-state index is 6.11. The lowest BCUT2D eigenvalue weighted by molar-refractivity contribution is 0.590. The number of hydrogen-bond acceptors (Lipinski definition) is 3. The van der Waals surface area contributed by atoms with Gasteiger partial charge in [0.15, 0.2) is 0 Å². The molecule has 1 N–H and O–H groups in total. The van der Waals surface area contributed by atoms with Gasteiger partial charge in [0.1, 0.15) is 0 Å². The third kappa shape index (κ3) is 3.02. The number of halogens is 1. The lowest BCUT2D eigenvalue weighted by Gasteiger charge is -2.16. The highest BCUT2D eigenvalue weighted by atomic mass is 35.5. The third-order valence-corrected chi connectivity index (χ3v) is 3.06. The Labute approximate surface area is 106 Å². The molecule has 1 unspecified atom stereocenters. The van der Waals surface area contributed by atoms with Gasteiger partial charge in [-0.05, 0) is 36.7 Å². The molecule has 1 atom stereocenters. The van der Waals surface area contributed by atoms with Crippen molar-refractivity contribution < 1.29 is 0 Å². The summed E-state index contributed by atoms with van der Waals surface area (Å²) in [6.45, 7) is 0. The van der Waals surface area contributed by atoms with Gasteiger partial charge in [-0.3, -0.25) is 9.97 Å². The van der Waals surface area contributed by atoms with Crippen molar-refractivity contribution in [2.24, 2.45) is 0 Å². The second-order valence-electron chi connectivity index (χ2n) is 3.80. The van der Waals surface area contributed by atoms with E-state index in [0.717, 1.165) is 17.5 Å². The zero-order valence-corrected chi connectivity index (χ0v) is 10.4. The number of hydrogen-bond donors (Lipinski definition) is 1. The van der Waals surface area contributed by atoms with E-state index in [9.17, 15) is 0 Å². The Morgan fingerprint density at radius 2 is 2.06 bits per heavy atom. The minimum atomic E-state index is 0.212. The van der Waals surface area contributed by atoms with Crippen LogP contribution in [0.3, 0.4) is 0 Å². The van der Waals surface area contributed by atoms with E-state index in [0.29, 0.717) is 5.02 Å². The molecule has 4 heteroatoms. The van der Waals surface area contributed by atoms with Crippen molar-refractivity contribution >= 4 is 11.6 Å². The second kappa shape index (κ2) is 5.75. The van der Waals surface area contributed by atoms with Gasteiger partial charge in [0.2, 0.25) is 0 Å². The summed E-state index contributed by atoms with van der Waals surface area (Å²) in [6.07, 6.45) is 7.90. The summed E-state index contributed by atoms with van der Waals surface area (Å²) in [6, 6.07) is 6.16. The van der Waals surface area contributed by atoms with E-state index >= 15 is 0 Å². The molecule has 3 nitrogen and oxygen atoms in total. The van der Waals surface area contributed by atoms with Crippen LogP contribution in [0, 0.1) is 0 Å². The average Bonchev–Trinajstić information content (AvgIpc) is 2.39. The predicted octanol–water partition coefficient (Wildman–Crippen LogP) is 2.63. The van der Waals surface area contributed by atoms with Gasteiger partial charge in [-0.15, -0.1) is 0 Å². The Bertz CT molecular complexity index is 473. The Morgan fingerprint density at radius 1 is 1.24 bits per heavy atom. The van der Waals surface area contributed by atoms with Crippen molar-refractivity contribution in [3.63, 3.8) is 0 Å². The average molecular weight is 248 g/mol. The Morgan fingerprint density at radius 3 is 2.71 bits per heavy atom. The lowest BCUT2D eigenvalue weighted by atomic mass is 10.0. The molecule has 0 radical (unpaired) electrons. The molecule has 0 aromatic carbocycles. The van der Waals surface area contributed by atoms with E-state index in [-0.39, 0.29) is 6.04 Å². The van der Waals surface area contributed by atoms with Crippen LogP contribution in [0.1, 0.15) is 17.2 Å². The SMILES string of the molecule is CNC(Cc1ccncc1Cl)c1cccnc1. The zero-order chi connectivity index (χ0) is 12.1. The van der Waals surface area contributed by atoms with E-state index in [1.807, 2.05) is 25.4 Å². The number of nitrogens with zero attached hydrogens (tertiary/aromatic N) is 2. The quantitative estimate of drug-likeness (QED) is 0.903. The van der Waals surface area contributed by atoms with Crippen LogP contribution >= 0.6 is 11.6 Å². The van der Waals surface area contributed by atoms with E-state index < -0.39 is 0 Å². The number of nitrogens with one attached hydrogen (secondary N) is 1. The van der Waals surface area contributed by atoms with Gasteiger partial charge in [0.05, 0.1) is 5.02 Å². The van der Waals surface area contributed by atoms with Crippen molar-refractivity contribution in [2.75, 3.05) is 7.05 Å². The number of aromatic nitrogens is 2. The summed E-state index contributed by atoms with van der Waals surface area (Å²) in [4.78, 5) is 8.12. The standard InChI is InChI=1S/C13H14ClN3/c1-15-13(11-3-2-5-16-8-11)7-10-4-6-17-9-12(10)14/h2-6,8-9,13,15H,7H2,1H3. The normalized spacial score (nSPS) is 12.4. The fraction of sp³-hybridized carbons (Fsp3) is 0.231. The molecule has 2 heterocycles. The highest BCUT2D eigenvalue weighted by Gasteiger charge is 2.11. The van der Waals surface area contributed by atoms with E-state index in [4.69, 9.17) is 11.6 Å². The van der Waals surface area contributed by atoms with Gasteiger partial charge in [0, 0.05) is 30.8 Å². The summed E-state index contributed by atoms with van der Waals surface area (Å²) in [5.74, 6) is 0. The van der Waals surface area contributed by atoms with Crippen molar-refractivity contribution in [3.05, 3.63) is 59.1 Å². The van der Waals surface area contributed by atoms with Crippen LogP contribution in [0.2, 0.25) is 5.02 Å². The van der Waals surface area contributed by atoms with Gasteiger partial charge >= 0.3 is 0 Å². The van der Waals surface area contributed by atoms with E-state index in [2.05, 4.69) is 21.4 Å². The van der Waals surface area contributed by atoms with Gasteiger partial charge in [-0.25, -0.2) is 0 Å². The predicted molar refractivity (Wildman–Crippen MR) is 69.0 cm³/mol. The molecule has 0 saturated carbocycles. The first kappa shape index (κ1) is 12.0. The molecule has 0 amide bonds. The molecule has 0 saturated heterocycles. The van der Waals surface area contributed by atoms with Crippen LogP contribution in [-0.2, 0) is 6.42 Å². The van der Waals surface area contributed by atoms with Crippen molar-refractivity contribution in [3.8, 4) is 0 Å². The van der Waals surface area contributed by atoms with Crippen LogP contribution in [0.25, 0.3) is 0 Å². The van der Waals surface area contributed by atoms with Crippen molar-refractivity contribution in [1.82, 2.24) is 15.3 Å². The highest BCUT2D eigenvalue weighted by molar-refractivity contribution is 6.31. The van der Waals surface area contributed by atoms with Crippen LogP contribution in [0.15, 0.2) is 43.0 Å². The molecule has 0 spiro atoms. The molecule has 0 bridgehead atoms. The highest BCUT2D eigenvalue weighted by Crippen LogP contribution is 2.21. The maximum Gasteiger partial charge on any atom is 0.0622 e. The smallest absolute Gasteiger partial charge is 0.0622 e. The largest absolute Gasteiger partial charge is 0.313 e. The van der Waals surface area contributed by atoms with Crippen LogP contribution in [0.5, 0.6) is 0 Å². The lowest BCUT2D eigenvalue weighted by Crippen LogP contribution is -2.19. The zero-order valence-electron chi connectivity index (χ0n) is 9.60. The summed E-state index contributed by atoms with van der Waals surface area (Å²) in [5, 5.41) is 3.98. The monoisotopic (exact) mass is 247 g/mol. The minimum Gasteiger partial charge on any atom is -0.313 e. The molecular weight excluding hydrogens is 234 g/mol. The Kier molecular flexibility index (Phi) is 4.07. The molecule has 0 fully saturated rings. The first-order chi connectivity index (χ1) is 8.31. The topological polar surface area (TPSA) is 37.8 Å². The van der Waals surface area contributed by atoms with Crippen LogP contribution in [0.4, 0.5) is 0 Å². The molecule has 2 aromatic heterocycles. The first-order valence-electron chi connectivity index (χ1n) is 5.47. The number of rotatable bonds is 4. The van der Waals surface area contributed by atoms with E-state index in [1.54, 1.807) is 18.6 Å². The molecule has 2 rings (SSSR count). The molecular formula is C13H14ClN3. The van der Waals surface area contributed by atoms with Gasteiger partial charge in [-0.2, -0.15) is 0 Å². The molecule has 17 heavy (non-hydrogen) atoms. The fourth-order valence-corrected chi connectivity index (χ4v) is 1.95. The Hall–Kier alpha value is -1.45. The Balaban J connectivity index is 2.19. The summed E-state index contributed by atoms with van der Waals surface area (Å²) in [7, 11) is 1.94. The third-order valence-electron chi connectivity index (χ3n) is 2.72. The van der Waals surface area contributed by atoms with Gasteiger partial charge in [-0.1, -0.05) is 17.7 Å². The molecule has 0 aliphatic heterocycles. The molecule has 0 aliphatic carbocycles. The summed E-state index contributed by atoms with van der Waals surface area (Å²) >= 11 is 6.11. The molecule has 2 aromatic rings. The minimum absolute atomic E-state index is 0.212. The van der Waals surface area contributed by atoms with Crippen LogP contribution < -0.4 is 5.32 Å².